The summed E-state index contributed by atoms with van der Waals surface area (Å²) in [5, 5.41) is 5.85. The van der Waals surface area contributed by atoms with E-state index < -0.39 is 41.4 Å². The van der Waals surface area contributed by atoms with Crippen LogP contribution in [0.1, 0.15) is 86.1 Å². The molecular formula is C37H46FN5O8. The molecule has 5 rings (SSSR count). The molecule has 2 aromatic heterocycles. The zero-order valence-electron chi connectivity index (χ0n) is 30.4. The summed E-state index contributed by atoms with van der Waals surface area (Å²) in [6.07, 6.45) is 3.80. The molecule has 13 nitrogen and oxygen atoms in total. The van der Waals surface area contributed by atoms with Crippen molar-refractivity contribution in [2.45, 2.75) is 105 Å². The topological polar surface area (TPSA) is 158 Å². The van der Waals surface area contributed by atoms with Gasteiger partial charge in [0.2, 0.25) is 5.88 Å². The maximum Gasteiger partial charge on any atom is 0.415 e. The van der Waals surface area contributed by atoms with Crippen LogP contribution in [-0.2, 0) is 19.0 Å². The highest BCUT2D eigenvalue weighted by molar-refractivity contribution is 6.05. The quantitative estimate of drug-likeness (QED) is 0.239. The van der Waals surface area contributed by atoms with E-state index in [-0.39, 0.29) is 53.2 Å². The van der Waals surface area contributed by atoms with Gasteiger partial charge in [0, 0.05) is 41.2 Å². The summed E-state index contributed by atoms with van der Waals surface area (Å²) < 4.78 is 39.3. The zero-order chi connectivity index (χ0) is 37.2. The minimum atomic E-state index is -0.886. The molecule has 274 valence electrons. The molecule has 0 spiro atoms. The summed E-state index contributed by atoms with van der Waals surface area (Å²) in [7, 11) is 0. The Balaban J connectivity index is 1.55. The minimum Gasteiger partial charge on any atom is -0.474 e. The van der Waals surface area contributed by atoms with Crippen LogP contribution in [0.4, 0.5) is 36.0 Å². The molecule has 3 aromatic rings. The van der Waals surface area contributed by atoms with E-state index in [1.165, 1.54) is 30.3 Å². The van der Waals surface area contributed by atoms with Gasteiger partial charge in [0.1, 0.15) is 41.2 Å². The van der Waals surface area contributed by atoms with E-state index in [2.05, 4.69) is 20.6 Å². The van der Waals surface area contributed by atoms with Crippen molar-refractivity contribution in [1.82, 2.24) is 9.97 Å². The van der Waals surface area contributed by atoms with Gasteiger partial charge in [-0.15, -0.1) is 0 Å². The first kappa shape index (κ1) is 37.3. The molecule has 0 unspecified atom stereocenters. The number of hydrogen-bond donors (Lipinski definition) is 2. The second-order valence-corrected chi connectivity index (χ2v) is 15.0. The zero-order valence-corrected chi connectivity index (χ0v) is 30.4. The Kier molecular flexibility index (Phi) is 10.7. The predicted octanol–water partition coefficient (Wildman–Crippen LogP) is 8.31. The van der Waals surface area contributed by atoms with Crippen LogP contribution in [0.2, 0.25) is 0 Å². The molecule has 2 N–H and O–H groups in total. The Hall–Kier alpha value is -5.01. The summed E-state index contributed by atoms with van der Waals surface area (Å²) in [6, 6.07) is 3.08. The molecule has 1 aromatic carbocycles. The molecular weight excluding hydrogens is 661 g/mol. The van der Waals surface area contributed by atoms with E-state index in [0.717, 1.165) is 19.3 Å². The van der Waals surface area contributed by atoms with E-state index in [1.807, 2.05) is 0 Å². The number of nitrogens with zero attached hydrogens (tertiary/aromatic N) is 3. The standard InChI is InChI=1S/C37H46FN5O8/c1-20(44)15-22-11-9-10-12-27(22)49-33(45)41-28-17-23-16-24(29(38)30(26(23)19-39-28)42-34(46)50-36(3,4)5)25-18-40-32-31(21(25)2)43(13-14-48-32)35(47)51-37(6,7)8/h16-19,22,27H,9-15H2,1-8H3,(H,42,46)(H,39,41,45)/t22-,27+/m0/s1. The minimum absolute atomic E-state index is 0.0420. The number of ketones is 1. The fourth-order valence-electron chi connectivity index (χ4n) is 6.38. The number of pyridine rings is 2. The van der Waals surface area contributed by atoms with Gasteiger partial charge in [0.05, 0.1) is 12.2 Å². The number of carbonyl (C=O) groups excluding carboxylic acids is 4. The maximum atomic E-state index is 16.7. The number of hydrogen-bond acceptors (Lipinski definition) is 10. The summed E-state index contributed by atoms with van der Waals surface area (Å²) in [5.41, 5.74) is -0.653. The molecule has 3 heterocycles. The van der Waals surface area contributed by atoms with Gasteiger partial charge < -0.3 is 23.7 Å². The van der Waals surface area contributed by atoms with Gasteiger partial charge in [-0.25, -0.2) is 28.7 Å². The van der Waals surface area contributed by atoms with Crippen LogP contribution in [0.5, 0.6) is 5.88 Å². The fraction of sp³-hybridized carbons (Fsp3) is 0.514. The van der Waals surface area contributed by atoms with Gasteiger partial charge >= 0.3 is 18.3 Å². The number of nitrogens with one attached hydrogen (secondary N) is 2. The third-order valence-electron chi connectivity index (χ3n) is 8.46. The van der Waals surface area contributed by atoms with Crippen LogP contribution in [0.15, 0.2) is 24.5 Å². The number of ether oxygens (including phenoxy) is 4. The van der Waals surface area contributed by atoms with Gasteiger partial charge in [0.25, 0.3) is 0 Å². The molecule has 2 atom stereocenters. The molecule has 14 heteroatoms. The van der Waals surface area contributed by atoms with Crippen LogP contribution in [0.3, 0.4) is 0 Å². The number of rotatable bonds is 6. The largest absolute Gasteiger partial charge is 0.474 e. The van der Waals surface area contributed by atoms with E-state index in [1.54, 1.807) is 54.5 Å². The lowest BCUT2D eigenvalue weighted by Gasteiger charge is -2.32. The SMILES string of the molecule is CC(=O)C[C@@H]1CCCC[C@H]1OC(=O)Nc1cc2cc(-c3cnc4c(c3C)N(C(=O)OC(C)(C)C)CCO4)c(F)c(NC(=O)OC(C)(C)C)c2cn1. The van der Waals surface area contributed by atoms with E-state index >= 15 is 4.39 Å². The lowest BCUT2D eigenvalue weighted by molar-refractivity contribution is -0.119. The Bertz CT molecular complexity index is 1850. The predicted molar refractivity (Wildman–Crippen MR) is 190 cm³/mol. The lowest BCUT2D eigenvalue weighted by Crippen LogP contribution is -2.42. The van der Waals surface area contributed by atoms with Crippen molar-refractivity contribution in [2.75, 3.05) is 28.7 Å². The third kappa shape index (κ3) is 9.02. The summed E-state index contributed by atoms with van der Waals surface area (Å²) in [5.74, 6) is -0.491. The van der Waals surface area contributed by atoms with E-state index in [4.69, 9.17) is 18.9 Å². The van der Waals surface area contributed by atoms with Gasteiger partial charge in [-0.05, 0) is 97.7 Å². The third-order valence-corrected chi connectivity index (χ3v) is 8.46. The van der Waals surface area contributed by atoms with Gasteiger partial charge in [0.15, 0.2) is 5.82 Å². The first-order valence-electron chi connectivity index (χ1n) is 17.1. The van der Waals surface area contributed by atoms with Crippen molar-refractivity contribution in [2.24, 2.45) is 5.92 Å². The molecule has 51 heavy (non-hydrogen) atoms. The Morgan fingerprint density at radius 1 is 0.941 bits per heavy atom. The average molecular weight is 708 g/mol. The molecule has 1 fully saturated rings. The van der Waals surface area contributed by atoms with E-state index in [0.29, 0.717) is 35.0 Å². The first-order chi connectivity index (χ1) is 23.9. The smallest absolute Gasteiger partial charge is 0.415 e. The van der Waals surface area contributed by atoms with Gasteiger partial charge in [-0.1, -0.05) is 6.42 Å². The summed E-state index contributed by atoms with van der Waals surface area (Å²) in [4.78, 5) is 61.2. The van der Waals surface area contributed by atoms with Crippen LogP contribution in [0.25, 0.3) is 21.9 Å². The Labute approximate surface area is 296 Å². The Morgan fingerprint density at radius 3 is 2.33 bits per heavy atom. The Morgan fingerprint density at radius 2 is 1.65 bits per heavy atom. The van der Waals surface area contributed by atoms with Crippen molar-refractivity contribution in [1.29, 1.82) is 0 Å². The van der Waals surface area contributed by atoms with Crippen molar-refractivity contribution in [3.8, 4) is 17.0 Å². The number of carbonyl (C=O) groups is 4. The number of amides is 3. The number of fused-ring (bicyclic) bond motifs is 2. The monoisotopic (exact) mass is 707 g/mol. The molecule has 0 radical (unpaired) electrons. The highest BCUT2D eigenvalue weighted by atomic mass is 19.1. The second-order valence-electron chi connectivity index (χ2n) is 15.0. The van der Waals surface area contributed by atoms with Gasteiger partial charge in [-0.3, -0.25) is 15.5 Å². The second kappa shape index (κ2) is 14.7. The molecule has 0 saturated heterocycles. The number of aromatic nitrogens is 2. The molecule has 1 saturated carbocycles. The number of benzene rings is 1. The molecule has 2 aliphatic rings. The van der Waals surface area contributed by atoms with E-state index in [9.17, 15) is 19.2 Å². The van der Waals surface area contributed by atoms with Crippen molar-refractivity contribution in [3.63, 3.8) is 0 Å². The molecule has 1 aliphatic carbocycles. The number of halogens is 1. The first-order valence-corrected chi connectivity index (χ1v) is 17.1. The number of Topliss-reactive ketones (excluding diaryl/α,β-unsaturated/α-hetero) is 1. The van der Waals surface area contributed by atoms with Crippen molar-refractivity contribution in [3.05, 3.63) is 35.9 Å². The molecule has 3 amide bonds. The van der Waals surface area contributed by atoms with Crippen molar-refractivity contribution >= 4 is 52.0 Å². The average Bonchev–Trinajstić information content (AvgIpc) is 3.01. The van der Waals surface area contributed by atoms with Crippen LogP contribution >= 0.6 is 0 Å². The normalized spacial score (nSPS) is 17.5. The fourth-order valence-corrected chi connectivity index (χ4v) is 6.38. The van der Waals surface area contributed by atoms with Gasteiger partial charge in [-0.2, -0.15) is 0 Å². The van der Waals surface area contributed by atoms with Crippen LogP contribution < -0.4 is 20.3 Å². The lowest BCUT2D eigenvalue weighted by atomic mass is 9.83. The van der Waals surface area contributed by atoms with Crippen LogP contribution in [0, 0.1) is 18.7 Å². The maximum absolute atomic E-state index is 16.7. The summed E-state index contributed by atoms with van der Waals surface area (Å²) in [6.45, 7) is 14.0. The van der Waals surface area contributed by atoms with Crippen molar-refractivity contribution < 1.29 is 42.5 Å². The molecule has 0 bridgehead atoms. The molecule has 1 aliphatic heterocycles. The highest BCUT2D eigenvalue weighted by Gasteiger charge is 2.33. The highest BCUT2D eigenvalue weighted by Crippen LogP contribution is 2.43. The van der Waals surface area contributed by atoms with Crippen LogP contribution in [-0.4, -0.2) is 64.5 Å². The number of anilines is 3. The summed E-state index contributed by atoms with van der Waals surface area (Å²) >= 11 is 0.